The van der Waals surface area contributed by atoms with Crippen molar-refractivity contribution in [2.45, 2.75) is 59.8 Å². The topological polar surface area (TPSA) is 79.7 Å². The third-order valence-corrected chi connectivity index (χ3v) is 5.53. The highest BCUT2D eigenvalue weighted by Crippen LogP contribution is 2.19. The minimum Gasteiger partial charge on any atom is -0.322 e. The fourth-order valence-corrected chi connectivity index (χ4v) is 3.87. The fourth-order valence-electron chi connectivity index (χ4n) is 3.87. The van der Waals surface area contributed by atoms with Crippen LogP contribution >= 0.6 is 0 Å². The maximum atomic E-state index is 12.9. The van der Waals surface area contributed by atoms with Gasteiger partial charge in [0.25, 0.3) is 5.56 Å². The van der Waals surface area contributed by atoms with Gasteiger partial charge >= 0.3 is 0 Å². The van der Waals surface area contributed by atoms with Crippen molar-refractivity contribution in [3.8, 4) is 0 Å². The number of aromatic nitrogens is 5. The van der Waals surface area contributed by atoms with Gasteiger partial charge in [0.1, 0.15) is 0 Å². The molecule has 0 aliphatic heterocycles. The summed E-state index contributed by atoms with van der Waals surface area (Å²) >= 11 is 0. The van der Waals surface area contributed by atoms with E-state index in [-0.39, 0.29) is 11.1 Å². The van der Waals surface area contributed by atoms with Crippen LogP contribution in [0.3, 0.4) is 0 Å². The third kappa shape index (κ3) is 4.94. The number of fused-ring (bicyclic) bond motifs is 1. The van der Waals surface area contributed by atoms with E-state index in [1.165, 1.54) is 11.1 Å². The average molecular weight is 431 g/mol. The molecule has 0 amide bonds. The van der Waals surface area contributed by atoms with E-state index in [1.54, 1.807) is 0 Å². The first-order valence-electron chi connectivity index (χ1n) is 10.9. The molecule has 0 aliphatic carbocycles. The van der Waals surface area contributed by atoms with Gasteiger partial charge in [-0.2, -0.15) is 0 Å². The van der Waals surface area contributed by atoms with E-state index in [4.69, 9.17) is 0 Å². The third-order valence-electron chi connectivity index (χ3n) is 5.53. The molecule has 2 aromatic heterocycles. The normalized spacial score (nSPS) is 12.1. The summed E-state index contributed by atoms with van der Waals surface area (Å²) in [6.45, 7) is 12.1. The fraction of sp³-hybridized carbons (Fsp3) is 0.360. The van der Waals surface area contributed by atoms with Crippen LogP contribution < -0.4 is 5.56 Å². The Morgan fingerprint density at radius 2 is 1.66 bits per heavy atom. The number of nitrogens with zero attached hydrogens (tertiary/aromatic N) is 5. The smallest absolute Gasteiger partial charge is 0.252 e. The summed E-state index contributed by atoms with van der Waals surface area (Å²) in [5, 5.41) is 13.4. The summed E-state index contributed by atoms with van der Waals surface area (Å²) in [6.07, 6.45) is 0. The molecule has 0 saturated carbocycles. The molecule has 0 unspecified atom stereocenters. The Bertz CT molecular complexity index is 1280. The highest BCUT2D eigenvalue weighted by molar-refractivity contribution is 5.79. The van der Waals surface area contributed by atoms with Crippen molar-refractivity contribution in [2.24, 2.45) is 0 Å². The molecule has 32 heavy (non-hydrogen) atoms. The SMILES string of the molecule is Cc1ccc(CN(Cc2cc3cc(C)ccc3[nH]c2=O)Cc2nnnn2C(C)(C)C)cc1. The van der Waals surface area contributed by atoms with Gasteiger partial charge in [0.2, 0.25) is 0 Å². The second-order valence-electron chi connectivity index (χ2n) is 9.52. The largest absolute Gasteiger partial charge is 0.322 e. The Morgan fingerprint density at radius 1 is 0.938 bits per heavy atom. The molecule has 0 saturated heterocycles. The second kappa shape index (κ2) is 8.67. The molecule has 0 radical (unpaired) electrons. The van der Waals surface area contributed by atoms with Crippen LogP contribution in [0.2, 0.25) is 0 Å². The molecule has 0 bridgehead atoms. The van der Waals surface area contributed by atoms with Crippen LogP contribution in [0, 0.1) is 13.8 Å². The van der Waals surface area contributed by atoms with Gasteiger partial charge in [-0.1, -0.05) is 41.5 Å². The second-order valence-corrected chi connectivity index (χ2v) is 9.52. The van der Waals surface area contributed by atoms with Crippen LogP contribution in [0.4, 0.5) is 0 Å². The quantitative estimate of drug-likeness (QED) is 0.498. The highest BCUT2D eigenvalue weighted by Gasteiger charge is 2.22. The van der Waals surface area contributed by atoms with Crippen LogP contribution in [0.25, 0.3) is 10.9 Å². The number of pyridine rings is 1. The summed E-state index contributed by atoms with van der Waals surface area (Å²) in [5.41, 5.74) is 4.85. The molecule has 7 nitrogen and oxygen atoms in total. The van der Waals surface area contributed by atoms with Crippen molar-refractivity contribution in [3.05, 3.63) is 87.0 Å². The predicted molar refractivity (Wildman–Crippen MR) is 126 cm³/mol. The van der Waals surface area contributed by atoms with Gasteiger partial charge in [-0.25, -0.2) is 4.68 Å². The number of rotatable bonds is 6. The molecule has 7 heteroatoms. The monoisotopic (exact) mass is 430 g/mol. The first-order chi connectivity index (χ1) is 15.2. The van der Waals surface area contributed by atoms with Crippen molar-refractivity contribution in [1.29, 1.82) is 0 Å². The first kappa shape index (κ1) is 21.9. The predicted octanol–water partition coefficient (Wildman–Crippen LogP) is 4.09. The lowest BCUT2D eigenvalue weighted by Crippen LogP contribution is -2.31. The van der Waals surface area contributed by atoms with Gasteiger partial charge in [-0.15, -0.1) is 5.10 Å². The van der Waals surface area contributed by atoms with Crippen LogP contribution in [-0.4, -0.2) is 30.1 Å². The summed E-state index contributed by atoms with van der Waals surface area (Å²) < 4.78 is 1.85. The Kier molecular flexibility index (Phi) is 5.93. The highest BCUT2D eigenvalue weighted by atomic mass is 16.1. The molecule has 0 aliphatic rings. The van der Waals surface area contributed by atoms with Crippen molar-refractivity contribution in [3.63, 3.8) is 0 Å². The summed E-state index contributed by atoms with van der Waals surface area (Å²) in [7, 11) is 0. The standard InChI is InChI=1S/C25H30N6O/c1-17-6-9-19(10-7-17)14-30(16-23-27-28-29-31(23)25(3,4)5)15-21-13-20-12-18(2)8-11-22(20)26-24(21)32/h6-13H,14-16H2,1-5H3,(H,26,32). The van der Waals surface area contributed by atoms with Gasteiger partial charge in [-0.05, 0) is 74.2 Å². The number of aryl methyl sites for hydroxylation is 2. The number of tetrazole rings is 1. The molecule has 4 aromatic rings. The van der Waals surface area contributed by atoms with Gasteiger partial charge in [-0.3, -0.25) is 9.69 Å². The number of benzene rings is 2. The molecule has 0 spiro atoms. The first-order valence-corrected chi connectivity index (χ1v) is 10.9. The Labute approximate surface area is 188 Å². The van der Waals surface area contributed by atoms with Gasteiger partial charge < -0.3 is 4.98 Å². The number of nitrogens with one attached hydrogen (secondary N) is 1. The van der Waals surface area contributed by atoms with Crippen LogP contribution in [0.5, 0.6) is 0 Å². The van der Waals surface area contributed by atoms with Crippen LogP contribution in [-0.2, 0) is 25.2 Å². The molecule has 1 N–H and O–H groups in total. The Balaban J connectivity index is 1.68. The lowest BCUT2D eigenvalue weighted by molar-refractivity contribution is 0.223. The minimum atomic E-state index is -0.230. The van der Waals surface area contributed by atoms with Gasteiger partial charge in [0.15, 0.2) is 5.82 Å². The molecular formula is C25H30N6O. The van der Waals surface area contributed by atoms with E-state index in [1.807, 2.05) is 22.9 Å². The van der Waals surface area contributed by atoms with E-state index in [0.717, 1.165) is 27.9 Å². The van der Waals surface area contributed by atoms with Gasteiger partial charge in [0, 0.05) is 24.2 Å². The van der Waals surface area contributed by atoms with Gasteiger partial charge in [0.05, 0.1) is 12.1 Å². The van der Waals surface area contributed by atoms with E-state index < -0.39 is 0 Å². The minimum absolute atomic E-state index is 0.0642. The molecule has 0 atom stereocenters. The lowest BCUT2D eigenvalue weighted by atomic mass is 10.1. The maximum absolute atomic E-state index is 12.9. The van der Waals surface area contributed by atoms with E-state index in [0.29, 0.717) is 19.6 Å². The number of H-pyrrole nitrogens is 1. The van der Waals surface area contributed by atoms with Crippen molar-refractivity contribution in [1.82, 2.24) is 30.1 Å². The molecule has 2 aromatic carbocycles. The average Bonchev–Trinajstić information content (AvgIpc) is 3.19. The Morgan fingerprint density at radius 3 is 2.38 bits per heavy atom. The zero-order chi connectivity index (χ0) is 22.9. The number of hydrogen-bond donors (Lipinski definition) is 1. The van der Waals surface area contributed by atoms with Crippen molar-refractivity contribution >= 4 is 10.9 Å². The number of hydrogen-bond acceptors (Lipinski definition) is 5. The maximum Gasteiger partial charge on any atom is 0.252 e. The zero-order valence-corrected chi connectivity index (χ0v) is 19.4. The summed E-state index contributed by atoms with van der Waals surface area (Å²) in [5.74, 6) is 0.776. The summed E-state index contributed by atoms with van der Waals surface area (Å²) in [6, 6.07) is 16.5. The van der Waals surface area contributed by atoms with Crippen molar-refractivity contribution < 1.29 is 0 Å². The molecule has 2 heterocycles. The van der Waals surface area contributed by atoms with E-state index >= 15 is 0 Å². The number of aromatic amines is 1. The van der Waals surface area contributed by atoms with E-state index in [2.05, 4.69) is 90.4 Å². The molecule has 0 fully saturated rings. The molecule has 4 rings (SSSR count). The van der Waals surface area contributed by atoms with E-state index in [9.17, 15) is 4.79 Å². The summed E-state index contributed by atoms with van der Waals surface area (Å²) in [4.78, 5) is 18.1. The molecule has 166 valence electrons. The zero-order valence-electron chi connectivity index (χ0n) is 19.4. The van der Waals surface area contributed by atoms with Crippen molar-refractivity contribution in [2.75, 3.05) is 0 Å². The van der Waals surface area contributed by atoms with Crippen LogP contribution in [0.15, 0.2) is 53.3 Å². The molecular weight excluding hydrogens is 400 g/mol. The lowest BCUT2D eigenvalue weighted by Gasteiger charge is -2.25. The van der Waals surface area contributed by atoms with Crippen LogP contribution in [0.1, 0.15) is 48.8 Å². The Hall–Kier alpha value is -3.32.